The van der Waals surface area contributed by atoms with E-state index in [2.05, 4.69) is 26.0 Å². The summed E-state index contributed by atoms with van der Waals surface area (Å²) in [6, 6.07) is 16.2. The van der Waals surface area contributed by atoms with Gasteiger partial charge in [0.2, 0.25) is 5.91 Å². The first-order chi connectivity index (χ1) is 13.4. The number of aryl methyl sites for hydroxylation is 1. The first-order valence-corrected chi connectivity index (χ1v) is 9.58. The van der Waals surface area contributed by atoms with Gasteiger partial charge in [-0.25, -0.2) is 0 Å². The summed E-state index contributed by atoms with van der Waals surface area (Å²) >= 11 is 0. The van der Waals surface area contributed by atoms with E-state index in [1.165, 1.54) is 18.2 Å². The molecule has 0 aliphatic rings. The summed E-state index contributed by atoms with van der Waals surface area (Å²) in [5.74, 6) is 0.0235. The Kier molecular flexibility index (Phi) is 8.00. The van der Waals surface area contributed by atoms with Crippen LogP contribution in [0, 0.1) is 6.92 Å². The van der Waals surface area contributed by atoms with Crippen molar-refractivity contribution in [3.63, 3.8) is 0 Å². The van der Waals surface area contributed by atoms with E-state index in [0.717, 1.165) is 11.1 Å². The third-order valence-electron chi connectivity index (χ3n) is 4.64. The average molecular weight is 380 g/mol. The molecule has 0 aliphatic heterocycles. The van der Waals surface area contributed by atoms with E-state index in [1.807, 2.05) is 49.4 Å². The van der Waals surface area contributed by atoms with E-state index in [0.29, 0.717) is 19.0 Å². The molecule has 0 unspecified atom stereocenters. The molecule has 2 aromatic rings. The predicted molar refractivity (Wildman–Crippen MR) is 113 cm³/mol. The molecule has 0 aromatic heterocycles. The van der Waals surface area contributed by atoms with Gasteiger partial charge in [-0.2, -0.15) is 0 Å². The van der Waals surface area contributed by atoms with Crippen molar-refractivity contribution in [1.29, 1.82) is 0 Å². The summed E-state index contributed by atoms with van der Waals surface area (Å²) in [5.41, 5.74) is 4.43. The molecule has 0 N–H and O–H groups in total. The zero-order chi connectivity index (χ0) is 20.5. The lowest BCUT2D eigenvalue weighted by Crippen LogP contribution is -2.31. The Labute approximate surface area is 167 Å². The van der Waals surface area contributed by atoms with E-state index in [4.69, 9.17) is 4.74 Å². The van der Waals surface area contributed by atoms with Crippen LogP contribution < -0.4 is 0 Å². The van der Waals surface area contributed by atoms with Gasteiger partial charge < -0.3 is 9.64 Å². The van der Waals surface area contributed by atoms with Crippen molar-refractivity contribution < 1.29 is 14.3 Å². The molecule has 0 fully saturated rings. The second kappa shape index (κ2) is 10.5. The van der Waals surface area contributed by atoms with Crippen molar-refractivity contribution in [2.24, 2.45) is 0 Å². The van der Waals surface area contributed by atoms with Crippen LogP contribution in [0.15, 0.2) is 54.6 Å². The van der Waals surface area contributed by atoms with Gasteiger partial charge in [-0.1, -0.05) is 67.9 Å². The topological polar surface area (TPSA) is 46.6 Å². The van der Waals surface area contributed by atoms with Crippen molar-refractivity contribution in [1.82, 2.24) is 4.90 Å². The van der Waals surface area contributed by atoms with Crippen LogP contribution in [0.25, 0.3) is 6.08 Å². The molecule has 2 rings (SSSR count). The molecule has 0 radical (unpaired) electrons. The van der Waals surface area contributed by atoms with Crippen LogP contribution in [0.3, 0.4) is 0 Å². The van der Waals surface area contributed by atoms with Gasteiger partial charge in [0.15, 0.2) is 0 Å². The Balaban J connectivity index is 2.09. The van der Waals surface area contributed by atoms with Crippen molar-refractivity contribution in [3.05, 3.63) is 76.9 Å². The first-order valence-electron chi connectivity index (χ1n) is 9.58. The second-order valence-electron chi connectivity index (χ2n) is 7.23. The van der Waals surface area contributed by atoms with Crippen LogP contribution in [0.4, 0.5) is 0 Å². The highest BCUT2D eigenvalue weighted by Crippen LogP contribution is 2.16. The largest absolute Gasteiger partial charge is 0.469 e. The summed E-state index contributed by atoms with van der Waals surface area (Å²) < 4.78 is 4.71. The minimum Gasteiger partial charge on any atom is -0.469 e. The van der Waals surface area contributed by atoms with Crippen LogP contribution in [-0.2, 0) is 20.9 Å². The summed E-state index contributed by atoms with van der Waals surface area (Å²) in [6.07, 6.45) is 3.55. The van der Waals surface area contributed by atoms with Gasteiger partial charge in [-0.15, -0.1) is 0 Å². The maximum absolute atomic E-state index is 12.8. The molecule has 4 heteroatoms. The van der Waals surface area contributed by atoms with Crippen LogP contribution in [0.2, 0.25) is 0 Å². The Morgan fingerprint density at radius 3 is 2.25 bits per heavy atom. The smallest absolute Gasteiger partial charge is 0.307 e. The second-order valence-corrected chi connectivity index (χ2v) is 7.23. The zero-order valence-electron chi connectivity index (χ0n) is 17.1. The van der Waals surface area contributed by atoms with Crippen LogP contribution >= 0.6 is 0 Å². The summed E-state index contributed by atoms with van der Waals surface area (Å²) in [7, 11) is 1.36. The van der Waals surface area contributed by atoms with Gasteiger partial charge in [0, 0.05) is 19.2 Å². The lowest BCUT2D eigenvalue weighted by atomic mass is 10.0. The number of ether oxygens (including phenoxy) is 1. The first kappa shape index (κ1) is 21.4. The molecule has 0 bridgehead atoms. The molecular weight excluding hydrogens is 350 g/mol. The van der Waals surface area contributed by atoms with Crippen molar-refractivity contribution >= 4 is 18.0 Å². The van der Waals surface area contributed by atoms with E-state index < -0.39 is 0 Å². The fourth-order valence-electron chi connectivity index (χ4n) is 2.77. The SMILES string of the molecule is COC(=O)CCN(Cc1ccc(C)cc1)C(=O)/C=C/c1ccc(C(C)C)cc1. The van der Waals surface area contributed by atoms with Gasteiger partial charge in [-0.3, -0.25) is 9.59 Å². The number of methoxy groups -OCH3 is 1. The highest BCUT2D eigenvalue weighted by Gasteiger charge is 2.14. The Bertz CT molecular complexity index is 805. The Morgan fingerprint density at radius 2 is 1.68 bits per heavy atom. The van der Waals surface area contributed by atoms with Crippen molar-refractivity contribution in [2.45, 2.75) is 39.7 Å². The number of carbonyl (C=O) groups excluding carboxylic acids is 2. The van der Waals surface area contributed by atoms with Gasteiger partial charge >= 0.3 is 5.97 Å². The molecular formula is C24H29NO3. The molecule has 0 heterocycles. The number of benzene rings is 2. The van der Waals surface area contributed by atoms with Crippen LogP contribution in [-0.4, -0.2) is 30.4 Å². The fraction of sp³-hybridized carbons (Fsp3) is 0.333. The monoisotopic (exact) mass is 379 g/mol. The van der Waals surface area contributed by atoms with E-state index in [-0.39, 0.29) is 18.3 Å². The number of hydrogen-bond donors (Lipinski definition) is 0. The average Bonchev–Trinajstić information content (AvgIpc) is 2.70. The van der Waals surface area contributed by atoms with E-state index >= 15 is 0 Å². The highest BCUT2D eigenvalue weighted by atomic mass is 16.5. The number of hydrogen-bond acceptors (Lipinski definition) is 3. The number of rotatable bonds is 8. The maximum Gasteiger partial charge on any atom is 0.307 e. The number of amides is 1. The molecule has 1 amide bonds. The van der Waals surface area contributed by atoms with Crippen LogP contribution in [0.5, 0.6) is 0 Å². The maximum atomic E-state index is 12.8. The molecule has 0 atom stereocenters. The van der Waals surface area contributed by atoms with Crippen LogP contribution in [0.1, 0.15) is 48.4 Å². The predicted octanol–water partition coefficient (Wildman–Crippen LogP) is 4.72. The lowest BCUT2D eigenvalue weighted by Gasteiger charge is -2.21. The molecule has 0 aliphatic carbocycles. The molecule has 2 aromatic carbocycles. The molecule has 4 nitrogen and oxygen atoms in total. The summed E-state index contributed by atoms with van der Waals surface area (Å²) in [5, 5.41) is 0. The third-order valence-corrected chi connectivity index (χ3v) is 4.64. The minimum atomic E-state index is -0.324. The van der Waals surface area contributed by atoms with E-state index in [9.17, 15) is 9.59 Å². The Hall–Kier alpha value is -2.88. The molecule has 0 saturated heterocycles. The van der Waals surface area contributed by atoms with Crippen molar-refractivity contribution in [2.75, 3.05) is 13.7 Å². The number of nitrogens with zero attached hydrogens (tertiary/aromatic N) is 1. The number of carbonyl (C=O) groups is 2. The van der Waals surface area contributed by atoms with E-state index in [1.54, 1.807) is 11.0 Å². The standard InChI is InChI=1S/C24H29NO3/c1-18(2)22-12-9-20(10-13-22)11-14-23(26)25(16-15-24(27)28-4)17-21-7-5-19(3)6-8-21/h5-14,18H,15-17H2,1-4H3/b14-11+. The quantitative estimate of drug-likeness (QED) is 0.492. The zero-order valence-corrected chi connectivity index (χ0v) is 17.1. The lowest BCUT2D eigenvalue weighted by molar-refractivity contribution is -0.141. The van der Waals surface area contributed by atoms with Gasteiger partial charge in [-0.05, 0) is 35.6 Å². The molecule has 0 spiro atoms. The molecule has 148 valence electrons. The van der Waals surface area contributed by atoms with Gasteiger partial charge in [0.05, 0.1) is 13.5 Å². The minimum absolute atomic E-state index is 0.127. The third kappa shape index (κ3) is 6.69. The fourth-order valence-corrected chi connectivity index (χ4v) is 2.77. The van der Waals surface area contributed by atoms with Crippen molar-refractivity contribution in [3.8, 4) is 0 Å². The van der Waals surface area contributed by atoms with Gasteiger partial charge in [0.1, 0.15) is 0 Å². The summed E-state index contributed by atoms with van der Waals surface area (Å²) in [4.78, 5) is 25.9. The normalized spacial score (nSPS) is 11.0. The molecule has 0 saturated carbocycles. The van der Waals surface area contributed by atoms with Gasteiger partial charge in [0.25, 0.3) is 0 Å². The Morgan fingerprint density at radius 1 is 1.04 bits per heavy atom. The summed E-state index contributed by atoms with van der Waals surface area (Å²) in [6.45, 7) is 7.09. The molecule has 28 heavy (non-hydrogen) atoms. The number of esters is 1. The highest BCUT2D eigenvalue weighted by molar-refractivity contribution is 5.92.